The van der Waals surface area contributed by atoms with Crippen molar-refractivity contribution in [1.82, 2.24) is 4.90 Å². The van der Waals surface area contributed by atoms with E-state index in [1.54, 1.807) is 11.1 Å². The van der Waals surface area contributed by atoms with E-state index < -0.39 is 0 Å². The van der Waals surface area contributed by atoms with Crippen LogP contribution in [0.25, 0.3) is 0 Å². The van der Waals surface area contributed by atoms with Gasteiger partial charge in [0, 0.05) is 24.7 Å². The van der Waals surface area contributed by atoms with Crippen LogP contribution in [0.5, 0.6) is 0 Å². The molecule has 2 aliphatic heterocycles. The molecule has 1 saturated heterocycles. The highest BCUT2D eigenvalue weighted by Crippen LogP contribution is 2.47. The van der Waals surface area contributed by atoms with Crippen molar-refractivity contribution in [3.05, 3.63) is 28.8 Å². The second-order valence-corrected chi connectivity index (χ2v) is 7.35. The Labute approximate surface area is 132 Å². The van der Waals surface area contributed by atoms with E-state index in [-0.39, 0.29) is 5.41 Å². The molecule has 1 spiro atoms. The van der Waals surface area contributed by atoms with Gasteiger partial charge in [-0.05, 0) is 60.8 Å². The number of likely N-dealkylation sites (tertiary alicyclic amines) is 1. The number of carbonyl (C=O) groups excluding carboxylic acids is 1. The molecule has 1 aliphatic carbocycles. The Hall–Kier alpha value is -1.64. The van der Waals surface area contributed by atoms with E-state index >= 15 is 0 Å². The first-order valence-corrected chi connectivity index (χ1v) is 8.62. The maximum Gasteiger partial charge on any atom is 0.209 e. The third kappa shape index (κ3) is 2.10. The zero-order valence-electron chi connectivity index (χ0n) is 13.3. The van der Waals surface area contributed by atoms with Gasteiger partial charge < -0.3 is 4.90 Å². The van der Waals surface area contributed by atoms with Gasteiger partial charge >= 0.3 is 0 Å². The maximum absolute atomic E-state index is 11.0. The fraction of sp³-hybridized carbons (Fsp3) is 0.579. The summed E-state index contributed by atoms with van der Waals surface area (Å²) in [4.78, 5) is 17.7. The fourth-order valence-electron chi connectivity index (χ4n) is 4.59. The second kappa shape index (κ2) is 5.22. The monoisotopic (exact) mass is 296 g/mol. The number of amides is 1. The van der Waals surface area contributed by atoms with Crippen LogP contribution in [0.1, 0.15) is 49.3 Å². The minimum absolute atomic E-state index is 0.0910. The molecule has 1 amide bonds. The number of aliphatic imine (C=N–C) groups is 1. The summed E-state index contributed by atoms with van der Waals surface area (Å²) < 4.78 is 0. The molecule has 3 heteroatoms. The molecule has 3 nitrogen and oxygen atoms in total. The van der Waals surface area contributed by atoms with Gasteiger partial charge in [-0.25, -0.2) is 0 Å². The van der Waals surface area contributed by atoms with Crippen molar-refractivity contribution in [2.45, 2.75) is 50.9 Å². The molecule has 22 heavy (non-hydrogen) atoms. The molecule has 1 aromatic rings. The molecule has 3 aliphatic rings. The van der Waals surface area contributed by atoms with Crippen molar-refractivity contribution >= 4 is 18.3 Å². The lowest BCUT2D eigenvalue weighted by Gasteiger charge is -2.38. The molecule has 1 aromatic carbocycles. The molecule has 0 saturated carbocycles. The average molecular weight is 296 g/mol. The SMILES string of the molecule is CC1CCCc2c(ccc3c2C2(C=N3)CCN(C=O)CC2)C1. The summed E-state index contributed by atoms with van der Waals surface area (Å²) in [5.74, 6) is 0.787. The minimum Gasteiger partial charge on any atom is -0.345 e. The lowest BCUT2D eigenvalue weighted by molar-refractivity contribution is -0.119. The molecular weight excluding hydrogens is 272 g/mol. The number of piperidine rings is 1. The Bertz CT molecular complexity index is 627. The van der Waals surface area contributed by atoms with Crippen molar-refractivity contribution < 1.29 is 4.79 Å². The average Bonchev–Trinajstić information content (AvgIpc) is 2.77. The topological polar surface area (TPSA) is 32.7 Å². The highest BCUT2D eigenvalue weighted by Gasteiger charge is 2.41. The molecule has 0 bridgehead atoms. The molecule has 1 unspecified atom stereocenters. The quantitative estimate of drug-likeness (QED) is 0.577. The number of carbonyl (C=O) groups is 1. The Kier molecular flexibility index (Phi) is 3.32. The normalized spacial score (nSPS) is 25.7. The smallest absolute Gasteiger partial charge is 0.209 e. The molecule has 0 radical (unpaired) electrons. The number of benzene rings is 1. The number of nitrogens with zero attached hydrogens (tertiary/aromatic N) is 2. The summed E-state index contributed by atoms with van der Waals surface area (Å²) >= 11 is 0. The van der Waals surface area contributed by atoms with Crippen LogP contribution in [0.15, 0.2) is 17.1 Å². The summed E-state index contributed by atoms with van der Waals surface area (Å²) in [5, 5.41) is 0. The molecule has 116 valence electrons. The van der Waals surface area contributed by atoms with Crippen LogP contribution in [0, 0.1) is 5.92 Å². The molecular formula is C19H24N2O. The van der Waals surface area contributed by atoms with Crippen molar-refractivity contribution in [2.75, 3.05) is 13.1 Å². The third-order valence-corrected chi connectivity index (χ3v) is 5.87. The van der Waals surface area contributed by atoms with Crippen molar-refractivity contribution in [2.24, 2.45) is 10.9 Å². The number of fused-ring (bicyclic) bond motifs is 4. The summed E-state index contributed by atoms with van der Waals surface area (Å²) in [7, 11) is 0. The van der Waals surface area contributed by atoms with Gasteiger partial charge in [-0.15, -0.1) is 0 Å². The second-order valence-electron chi connectivity index (χ2n) is 7.35. The van der Waals surface area contributed by atoms with Gasteiger partial charge in [-0.3, -0.25) is 9.79 Å². The van der Waals surface area contributed by atoms with Crippen LogP contribution in [-0.4, -0.2) is 30.6 Å². The lowest BCUT2D eigenvalue weighted by Crippen LogP contribution is -2.42. The van der Waals surface area contributed by atoms with Crippen molar-refractivity contribution in [3.8, 4) is 0 Å². The highest BCUT2D eigenvalue weighted by atomic mass is 16.1. The van der Waals surface area contributed by atoms with Crippen LogP contribution in [0.3, 0.4) is 0 Å². The lowest BCUT2D eigenvalue weighted by atomic mass is 9.71. The van der Waals surface area contributed by atoms with Gasteiger partial charge in [-0.1, -0.05) is 19.4 Å². The minimum atomic E-state index is 0.0910. The standard InChI is InChI=1S/C19H24N2O/c1-14-3-2-4-16-15(11-14)5-6-17-18(16)19(12-20-17)7-9-21(13-22)10-8-19/h5-6,12-14H,2-4,7-11H2,1H3. The third-order valence-electron chi connectivity index (χ3n) is 5.87. The molecule has 4 rings (SSSR count). The Morgan fingerprint density at radius 2 is 2.14 bits per heavy atom. The zero-order chi connectivity index (χ0) is 15.2. The van der Waals surface area contributed by atoms with E-state index in [2.05, 4.69) is 25.3 Å². The number of hydrogen-bond donors (Lipinski definition) is 0. The van der Waals surface area contributed by atoms with Crippen LogP contribution in [0.4, 0.5) is 5.69 Å². The summed E-state index contributed by atoms with van der Waals surface area (Å²) in [6.07, 6.45) is 10.3. The molecule has 0 N–H and O–H groups in total. The van der Waals surface area contributed by atoms with Crippen LogP contribution < -0.4 is 0 Å². The van der Waals surface area contributed by atoms with Crippen LogP contribution in [-0.2, 0) is 23.1 Å². The van der Waals surface area contributed by atoms with Crippen LogP contribution in [0.2, 0.25) is 0 Å². The van der Waals surface area contributed by atoms with E-state index in [0.717, 1.165) is 38.3 Å². The largest absolute Gasteiger partial charge is 0.345 e. The van der Waals surface area contributed by atoms with E-state index in [1.165, 1.54) is 36.9 Å². The number of hydrogen-bond acceptors (Lipinski definition) is 2. The van der Waals surface area contributed by atoms with E-state index in [0.29, 0.717) is 0 Å². The van der Waals surface area contributed by atoms with E-state index in [4.69, 9.17) is 4.99 Å². The Morgan fingerprint density at radius 3 is 2.91 bits per heavy atom. The highest BCUT2D eigenvalue weighted by molar-refractivity contribution is 5.87. The van der Waals surface area contributed by atoms with Crippen molar-refractivity contribution in [3.63, 3.8) is 0 Å². The molecule has 2 heterocycles. The Balaban J connectivity index is 1.76. The predicted octanol–water partition coefficient (Wildman–Crippen LogP) is 3.41. The first-order valence-electron chi connectivity index (χ1n) is 8.62. The first kappa shape index (κ1) is 14.0. The molecule has 1 fully saturated rings. The summed E-state index contributed by atoms with van der Waals surface area (Å²) in [6.45, 7) is 4.08. The van der Waals surface area contributed by atoms with Gasteiger partial charge in [0.25, 0.3) is 0 Å². The van der Waals surface area contributed by atoms with Gasteiger partial charge in [0.2, 0.25) is 6.41 Å². The Morgan fingerprint density at radius 1 is 1.32 bits per heavy atom. The fourth-order valence-corrected chi connectivity index (χ4v) is 4.59. The first-order chi connectivity index (χ1) is 10.7. The number of rotatable bonds is 1. The zero-order valence-corrected chi connectivity index (χ0v) is 13.3. The van der Waals surface area contributed by atoms with E-state index in [1.807, 2.05) is 4.90 Å². The van der Waals surface area contributed by atoms with E-state index in [9.17, 15) is 4.79 Å². The van der Waals surface area contributed by atoms with Crippen LogP contribution >= 0.6 is 0 Å². The molecule has 1 atom stereocenters. The van der Waals surface area contributed by atoms with Gasteiger partial charge in [0.05, 0.1) is 5.69 Å². The molecule has 0 aromatic heterocycles. The van der Waals surface area contributed by atoms with Gasteiger partial charge in [0.1, 0.15) is 0 Å². The summed E-state index contributed by atoms with van der Waals surface area (Å²) in [5.41, 5.74) is 5.91. The summed E-state index contributed by atoms with van der Waals surface area (Å²) in [6, 6.07) is 4.54. The van der Waals surface area contributed by atoms with Gasteiger partial charge in [-0.2, -0.15) is 0 Å². The van der Waals surface area contributed by atoms with Crippen molar-refractivity contribution in [1.29, 1.82) is 0 Å². The predicted molar refractivity (Wildman–Crippen MR) is 88.9 cm³/mol. The van der Waals surface area contributed by atoms with Gasteiger partial charge in [0.15, 0.2) is 0 Å². The maximum atomic E-state index is 11.0.